The molecule has 1 amide bonds. The van der Waals surface area contributed by atoms with Gasteiger partial charge in [0.2, 0.25) is 0 Å². The Morgan fingerprint density at radius 1 is 1.06 bits per heavy atom. The minimum atomic E-state index is -3.92. The smallest absolute Gasteiger partial charge is 0.307 e. The highest BCUT2D eigenvalue weighted by Gasteiger charge is 2.23. The van der Waals surface area contributed by atoms with Gasteiger partial charge in [-0.3, -0.25) is 14.3 Å². The van der Waals surface area contributed by atoms with Crippen molar-refractivity contribution in [3.8, 4) is 5.75 Å². The number of carbonyl (C=O) groups excluding carboxylic acids is 2. The van der Waals surface area contributed by atoms with Crippen molar-refractivity contribution in [1.82, 2.24) is 4.90 Å². The number of sulfonamides is 1. The fourth-order valence-corrected chi connectivity index (χ4v) is 4.17. The summed E-state index contributed by atoms with van der Waals surface area (Å²) in [6.45, 7) is 6.28. The fourth-order valence-electron chi connectivity index (χ4n) is 3.09. The SMILES string of the molecule is COC(=O)CCN(CC(C)C)C(=O)c1cc(S(=O)(=O)Nc2ccc(OC)cc2)ccc1C. The van der Waals surface area contributed by atoms with Crippen LogP contribution < -0.4 is 9.46 Å². The maximum absolute atomic E-state index is 13.3. The number of hydrogen-bond donors (Lipinski definition) is 1. The summed E-state index contributed by atoms with van der Waals surface area (Å²) in [5, 5.41) is 0. The molecule has 9 heteroatoms. The maximum Gasteiger partial charge on any atom is 0.307 e. The van der Waals surface area contributed by atoms with Gasteiger partial charge in [0.1, 0.15) is 5.75 Å². The fraction of sp³-hybridized carbons (Fsp3) is 0.391. The van der Waals surface area contributed by atoms with E-state index in [1.165, 1.54) is 26.4 Å². The Balaban J connectivity index is 2.31. The van der Waals surface area contributed by atoms with Gasteiger partial charge in [-0.25, -0.2) is 8.42 Å². The van der Waals surface area contributed by atoms with Gasteiger partial charge < -0.3 is 14.4 Å². The molecule has 0 atom stereocenters. The second-order valence-corrected chi connectivity index (χ2v) is 9.46. The maximum atomic E-state index is 13.3. The largest absolute Gasteiger partial charge is 0.497 e. The molecule has 8 nitrogen and oxygen atoms in total. The molecule has 2 aromatic rings. The first-order valence-electron chi connectivity index (χ1n) is 10.2. The Hall–Kier alpha value is -3.07. The van der Waals surface area contributed by atoms with Gasteiger partial charge in [-0.2, -0.15) is 0 Å². The number of nitrogens with one attached hydrogen (secondary N) is 1. The summed E-state index contributed by atoms with van der Waals surface area (Å²) in [6, 6.07) is 10.9. The van der Waals surface area contributed by atoms with E-state index in [9.17, 15) is 18.0 Å². The second-order valence-electron chi connectivity index (χ2n) is 7.78. The Morgan fingerprint density at radius 2 is 1.72 bits per heavy atom. The molecule has 0 saturated carbocycles. The first-order valence-corrected chi connectivity index (χ1v) is 11.7. The number of ether oxygens (including phenoxy) is 2. The van der Waals surface area contributed by atoms with Gasteiger partial charge in [-0.05, 0) is 54.8 Å². The number of carbonyl (C=O) groups is 2. The molecule has 0 aliphatic rings. The summed E-state index contributed by atoms with van der Waals surface area (Å²) in [6.07, 6.45) is 0.0605. The molecule has 1 N–H and O–H groups in total. The predicted molar refractivity (Wildman–Crippen MR) is 122 cm³/mol. The van der Waals surface area contributed by atoms with Crippen LogP contribution in [0.1, 0.15) is 36.2 Å². The molecule has 2 aromatic carbocycles. The van der Waals surface area contributed by atoms with Crippen LogP contribution in [0.5, 0.6) is 5.75 Å². The highest BCUT2D eigenvalue weighted by atomic mass is 32.2. The number of esters is 1. The number of rotatable bonds is 10. The van der Waals surface area contributed by atoms with Crippen molar-refractivity contribution in [3.05, 3.63) is 53.6 Å². The molecule has 0 saturated heterocycles. The lowest BCUT2D eigenvalue weighted by molar-refractivity contribution is -0.140. The highest BCUT2D eigenvalue weighted by molar-refractivity contribution is 7.92. The third kappa shape index (κ3) is 6.71. The van der Waals surface area contributed by atoms with Crippen molar-refractivity contribution in [2.75, 3.05) is 32.0 Å². The predicted octanol–water partition coefficient (Wildman–Crippen LogP) is 3.47. The van der Waals surface area contributed by atoms with Gasteiger partial charge in [-0.15, -0.1) is 0 Å². The normalized spacial score (nSPS) is 11.2. The van der Waals surface area contributed by atoms with Gasteiger partial charge in [0, 0.05) is 24.3 Å². The van der Waals surface area contributed by atoms with Gasteiger partial charge in [-0.1, -0.05) is 19.9 Å². The molecule has 174 valence electrons. The standard InChI is InChI=1S/C23H30N2O6S/c1-16(2)15-25(13-12-22(26)31-5)23(27)21-14-20(11-6-17(21)3)32(28,29)24-18-7-9-19(30-4)10-8-18/h6-11,14,16,24H,12-13,15H2,1-5H3. The van der Waals surface area contributed by atoms with Crippen molar-refractivity contribution in [2.24, 2.45) is 5.92 Å². The van der Waals surface area contributed by atoms with Crippen LogP contribution in [0.2, 0.25) is 0 Å². The Morgan fingerprint density at radius 3 is 2.28 bits per heavy atom. The summed E-state index contributed by atoms with van der Waals surface area (Å²) in [7, 11) is -1.10. The zero-order valence-electron chi connectivity index (χ0n) is 19.0. The average molecular weight is 463 g/mol. The number of nitrogens with zero attached hydrogens (tertiary/aromatic N) is 1. The Kier molecular flexibility index (Phi) is 8.65. The van der Waals surface area contributed by atoms with Gasteiger partial charge >= 0.3 is 5.97 Å². The van der Waals surface area contributed by atoms with E-state index in [1.54, 1.807) is 42.2 Å². The molecule has 0 radical (unpaired) electrons. The molecule has 0 aliphatic carbocycles. The number of amides is 1. The van der Waals surface area contributed by atoms with Crippen molar-refractivity contribution in [1.29, 1.82) is 0 Å². The third-order valence-corrected chi connectivity index (χ3v) is 6.16. The average Bonchev–Trinajstić information content (AvgIpc) is 2.76. The number of hydrogen-bond acceptors (Lipinski definition) is 6. The lowest BCUT2D eigenvalue weighted by atomic mass is 10.1. The van der Waals surface area contributed by atoms with Crippen LogP contribution in [0.15, 0.2) is 47.4 Å². The van der Waals surface area contributed by atoms with Crippen molar-refractivity contribution in [3.63, 3.8) is 0 Å². The molecule has 0 unspecified atom stereocenters. The summed E-state index contributed by atoms with van der Waals surface area (Å²) < 4.78 is 38.1. The van der Waals surface area contributed by atoms with Gasteiger partial charge in [0.25, 0.3) is 15.9 Å². The summed E-state index contributed by atoms with van der Waals surface area (Å²) in [5.41, 5.74) is 1.29. The minimum Gasteiger partial charge on any atom is -0.497 e. The number of anilines is 1. The Bertz CT molecular complexity index is 1050. The molecule has 0 bridgehead atoms. The molecule has 0 heterocycles. The van der Waals surface area contributed by atoms with Crippen LogP contribution in [0.3, 0.4) is 0 Å². The van der Waals surface area contributed by atoms with Crippen molar-refractivity contribution >= 4 is 27.6 Å². The van der Waals surface area contributed by atoms with E-state index in [0.29, 0.717) is 23.5 Å². The van der Waals surface area contributed by atoms with E-state index in [1.807, 2.05) is 13.8 Å². The lowest BCUT2D eigenvalue weighted by Crippen LogP contribution is -2.36. The van der Waals surface area contributed by atoms with E-state index in [0.717, 1.165) is 0 Å². The van der Waals surface area contributed by atoms with Crippen molar-refractivity contribution in [2.45, 2.75) is 32.1 Å². The summed E-state index contributed by atoms with van der Waals surface area (Å²) in [5.74, 6) is 0.0267. The van der Waals surface area contributed by atoms with Crippen molar-refractivity contribution < 1.29 is 27.5 Å². The lowest BCUT2D eigenvalue weighted by Gasteiger charge is -2.25. The Labute approximate surface area is 189 Å². The van der Waals surface area contributed by atoms with E-state index < -0.39 is 16.0 Å². The molecular weight excluding hydrogens is 432 g/mol. The summed E-state index contributed by atoms with van der Waals surface area (Å²) >= 11 is 0. The molecule has 2 rings (SSSR count). The number of methoxy groups -OCH3 is 2. The zero-order valence-corrected chi connectivity index (χ0v) is 19.9. The van der Waals surface area contributed by atoms with Crippen LogP contribution in [-0.4, -0.2) is 52.5 Å². The summed E-state index contributed by atoms with van der Waals surface area (Å²) in [4.78, 5) is 26.4. The van der Waals surface area contributed by atoms with Crippen LogP contribution in [-0.2, 0) is 19.6 Å². The molecule has 32 heavy (non-hydrogen) atoms. The van der Waals surface area contributed by atoms with E-state index in [2.05, 4.69) is 9.46 Å². The van der Waals surface area contributed by atoms with Gasteiger partial charge in [0.05, 0.1) is 25.5 Å². The van der Waals surface area contributed by atoms with E-state index in [4.69, 9.17) is 4.74 Å². The third-order valence-electron chi connectivity index (χ3n) is 4.78. The van der Waals surface area contributed by atoms with Crippen LogP contribution in [0.25, 0.3) is 0 Å². The van der Waals surface area contributed by atoms with E-state index in [-0.39, 0.29) is 35.2 Å². The number of aryl methyl sites for hydroxylation is 1. The molecule has 0 spiro atoms. The topological polar surface area (TPSA) is 102 Å². The molecule has 0 aromatic heterocycles. The minimum absolute atomic E-state index is 0.0280. The van der Waals surface area contributed by atoms with Crippen LogP contribution in [0, 0.1) is 12.8 Å². The zero-order chi connectivity index (χ0) is 23.9. The first kappa shape index (κ1) is 25.2. The van der Waals surface area contributed by atoms with Gasteiger partial charge in [0.15, 0.2) is 0 Å². The second kappa shape index (κ2) is 11.0. The molecule has 0 aliphatic heterocycles. The first-order chi connectivity index (χ1) is 15.1. The number of benzene rings is 2. The monoisotopic (exact) mass is 462 g/mol. The molecule has 0 fully saturated rings. The quantitative estimate of drug-likeness (QED) is 0.543. The van der Waals surface area contributed by atoms with E-state index >= 15 is 0 Å². The highest BCUT2D eigenvalue weighted by Crippen LogP contribution is 2.22. The van der Waals surface area contributed by atoms with Crippen LogP contribution in [0.4, 0.5) is 5.69 Å². The van der Waals surface area contributed by atoms with Crippen LogP contribution >= 0.6 is 0 Å². The molecular formula is C23H30N2O6S.